The quantitative estimate of drug-likeness (QED) is 0.843. The van der Waals surface area contributed by atoms with Crippen molar-refractivity contribution in [3.8, 4) is 11.4 Å². The van der Waals surface area contributed by atoms with Gasteiger partial charge in [-0.1, -0.05) is 16.8 Å². The van der Waals surface area contributed by atoms with E-state index in [4.69, 9.17) is 16.1 Å². The van der Waals surface area contributed by atoms with Crippen LogP contribution in [0.1, 0.15) is 30.1 Å². The van der Waals surface area contributed by atoms with E-state index in [9.17, 15) is 5.11 Å². The molecule has 2 aromatic rings. The average Bonchev–Trinajstić information content (AvgIpc) is 3.00. The zero-order valence-corrected chi connectivity index (χ0v) is 10.1. The molecular weight excluding hydrogens is 242 g/mol. The van der Waals surface area contributed by atoms with Gasteiger partial charge in [-0.05, 0) is 12.8 Å². The zero-order valence-electron chi connectivity index (χ0n) is 9.31. The molecule has 1 aliphatic rings. The van der Waals surface area contributed by atoms with Crippen molar-refractivity contribution in [3.05, 3.63) is 22.5 Å². The molecule has 89 valence electrons. The van der Waals surface area contributed by atoms with E-state index < -0.39 is 0 Å². The molecule has 0 aromatic carbocycles. The molecule has 0 bridgehead atoms. The highest BCUT2D eigenvalue weighted by molar-refractivity contribution is 6.33. The molecule has 2 aromatic heterocycles. The van der Waals surface area contributed by atoms with E-state index in [0.29, 0.717) is 27.9 Å². The monoisotopic (exact) mass is 252 g/mol. The van der Waals surface area contributed by atoms with Gasteiger partial charge in [0.25, 0.3) is 0 Å². The van der Waals surface area contributed by atoms with Crippen molar-refractivity contribution in [2.75, 3.05) is 0 Å². The van der Waals surface area contributed by atoms with Crippen LogP contribution in [0.25, 0.3) is 11.4 Å². The fourth-order valence-corrected chi connectivity index (χ4v) is 2.25. The first kappa shape index (κ1) is 10.8. The highest BCUT2D eigenvalue weighted by Gasteiger charge is 2.33. The number of hydrogen-bond acceptors (Lipinski definition) is 3. The lowest BCUT2D eigenvalue weighted by Crippen LogP contribution is -1.97. The molecule has 1 radical (unpaired) electrons. The largest absolute Gasteiger partial charge is 0.360 e. The van der Waals surface area contributed by atoms with E-state index >= 15 is 0 Å². The van der Waals surface area contributed by atoms with Crippen molar-refractivity contribution in [2.45, 2.75) is 25.4 Å². The Kier molecular flexibility index (Phi) is 2.45. The second kappa shape index (κ2) is 3.85. The summed E-state index contributed by atoms with van der Waals surface area (Å²) in [7, 11) is 1.77. The molecule has 6 heteroatoms. The summed E-state index contributed by atoms with van der Waals surface area (Å²) in [6, 6.07) is 0. The van der Waals surface area contributed by atoms with Crippen LogP contribution >= 0.6 is 11.6 Å². The lowest BCUT2D eigenvalue weighted by Gasteiger charge is -2.00. The Labute approximate surface area is 103 Å². The molecule has 0 saturated heterocycles. The number of aromatic nitrogens is 3. The Morgan fingerprint density at radius 1 is 1.59 bits per heavy atom. The van der Waals surface area contributed by atoms with Crippen LogP contribution in [-0.2, 0) is 18.8 Å². The molecular formula is C11H11ClN3O2. The fourth-order valence-electron chi connectivity index (χ4n) is 1.99. The lowest BCUT2D eigenvalue weighted by atomic mass is 10.1. The summed E-state index contributed by atoms with van der Waals surface area (Å²) in [5.41, 5.74) is 1.80. The third-order valence-electron chi connectivity index (χ3n) is 3.03. The Morgan fingerprint density at radius 2 is 2.35 bits per heavy atom. The third kappa shape index (κ3) is 1.66. The second-order valence-corrected chi connectivity index (χ2v) is 4.66. The minimum Gasteiger partial charge on any atom is -0.360 e. The van der Waals surface area contributed by atoms with E-state index in [1.165, 1.54) is 6.20 Å². The molecule has 0 unspecified atom stereocenters. The van der Waals surface area contributed by atoms with E-state index in [1.807, 2.05) is 0 Å². The summed E-state index contributed by atoms with van der Waals surface area (Å²) in [4.78, 5) is 0. The fraction of sp³-hybridized carbons (Fsp3) is 0.455. The van der Waals surface area contributed by atoms with Gasteiger partial charge in [0.1, 0.15) is 23.8 Å². The molecule has 0 atom stereocenters. The highest BCUT2D eigenvalue weighted by atomic mass is 35.5. The van der Waals surface area contributed by atoms with Gasteiger partial charge in [-0.2, -0.15) is 5.10 Å². The number of aryl methyl sites for hydroxylation is 1. The molecule has 0 amide bonds. The van der Waals surface area contributed by atoms with Gasteiger partial charge in [-0.15, -0.1) is 0 Å². The minimum absolute atomic E-state index is 0.341. The van der Waals surface area contributed by atoms with Gasteiger partial charge in [0.05, 0.1) is 16.8 Å². The smallest absolute Gasteiger partial charge is 0.146 e. The third-order valence-corrected chi connectivity index (χ3v) is 3.31. The van der Waals surface area contributed by atoms with Crippen LogP contribution in [0.5, 0.6) is 0 Å². The van der Waals surface area contributed by atoms with E-state index in [0.717, 1.165) is 18.6 Å². The van der Waals surface area contributed by atoms with Crippen LogP contribution in [0.15, 0.2) is 10.7 Å². The normalized spacial score (nSPS) is 15.5. The minimum atomic E-state index is -0.341. The molecule has 2 heterocycles. The van der Waals surface area contributed by atoms with Crippen molar-refractivity contribution in [1.82, 2.24) is 14.9 Å². The Bertz CT molecular complexity index is 538. The Hall–Kier alpha value is -1.33. The van der Waals surface area contributed by atoms with Gasteiger partial charge in [-0.25, -0.2) is 5.11 Å². The summed E-state index contributed by atoms with van der Waals surface area (Å²) in [6.07, 6.45) is 3.68. The molecule has 1 aliphatic carbocycles. The maximum absolute atomic E-state index is 11.3. The first-order valence-electron chi connectivity index (χ1n) is 5.46. The summed E-state index contributed by atoms with van der Waals surface area (Å²) in [5, 5.41) is 19.8. The number of rotatable bonds is 3. The maximum Gasteiger partial charge on any atom is 0.146 e. The highest BCUT2D eigenvalue weighted by Crippen LogP contribution is 2.44. The molecule has 0 aliphatic heterocycles. The van der Waals surface area contributed by atoms with Gasteiger partial charge in [0.2, 0.25) is 0 Å². The van der Waals surface area contributed by atoms with E-state index in [-0.39, 0.29) is 6.61 Å². The van der Waals surface area contributed by atoms with Gasteiger partial charge in [0, 0.05) is 13.0 Å². The first-order valence-corrected chi connectivity index (χ1v) is 5.84. The molecule has 17 heavy (non-hydrogen) atoms. The lowest BCUT2D eigenvalue weighted by molar-refractivity contribution is 0.175. The van der Waals surface area contributed by atoms with Crippen LogP contribution in [0.3, 0.4) is 0 Å². The maximum atomic E-state index is 11.3. The van der Waals surface area contributed by atoms with Crippen molar-refractivity contribution < 1.29 is 9.63 Å². The van der Waals surface area contributed by atoms with Crippen molar-refractivity contribution >= 4 is 11.6 Å². The van der Waals surface area contributed by atoms with Crippen LogP contribution in [0.2, 0.25) is 5.02 Å². The number of hydrogen-bond donors (Lipinski definition) is 0. The summed E-state index contributed by atoms with van der Waals surface area (Å²) >= 11 is 6.05. The summed E-state index contributed by atoms with van der Waals surface area (Å²) < 4.78 is 6.90. The van der Waals surface area contributed by atoms with Crippen LogP contribution in [-0.4, -0.2) is 14.9 Å². The van der Waals surface area contributed by atoms with Crippen LogP contribution in [0, 0.1) is 0 Å². The van der Waals surface area contributed by atoms with Gasteiger partial charge < -0.3 is 4.52 Å². The number of nitrogens with zero attached hydrogens (tertiary/aromatic N) is 3. The predicted octanol–water partition coefficient (Wildman–Crippen LogP) is 2.54. The Balaban J connectivity index is 2.14. The molecule has 1 fully saturated rings. The molecule has 3 rings (SSSR count). The van der Waals surface area contributed by atoms with Gasteiger partial charge in [0.15, 0.2) is 0 Å². The number of halogens is 1. The molecule has 0 spiro atoms. The summed E-state index contributed by atoms with van der Waals surface area (Å²) in [6.45, 7) is -0.341. The second-order valence-electron chi connectivity index (χ2n) is 4.26. The SMILES string of the molecule is Cn1ncc(Cl)c1-c1noc(C2CC2)c1C[O]. The average molecular weight is 253 g/mol. The predicted molar refractivity (Wildman–Crippen MR) is 60.1 cm³/mol. The van der Waals surface area contributed by atoms with Crippen molar-refractivity contribution in [3.63, 3.8) is 0 Å². The Morgan fingerprint density at radius 3 is 2.88 bits per heavy atom. The topological polar surface area (TPSA) is 63.8 Å². The van der Waals surface area contributed by atoms with Crippen molar-refractivity contribution in [2.24, 2.45) is 7.05 Å². The van der Waals surface area contributed by atoms with Gasteiger partial charge >= 0.3 is 0 Å². The zero-order chi connectivity index (χ0) is 12.0. The van der Waals surface area contributed by atoms with Crippen LogP contribution in [0.4, 0.5) is 0 Å². The van der Waals surface area contributed by atoms with E-state index in [2.05, 4.69) is 10.3 Å². The molecule has 1 saturated carbocycles. The van der Waals surface area contributed by atoms with E-state index in [1.54, 1.807) is 11.7 Å². The molecule has 5 nitrogen and oxygen atoms in total. The van der Waals surface area contributed by atoms with Gasteiger partial charge in [-0.3, -0.25) is 4.68 Å². The molecule has 0 N–H and O–H groups in total. The van der Waals surface area contributed by atoms with Crippen molar-refractivity contribution in [1.29, 1.82) is 0 Å². The van der Waals surface area contributed by atoms with Crippen LogP contribution < -0.4 is 0 Å². The first-order chi connectivity index (χ1) is 8.22. The summed E-state index contributed by atoms with van der Waals surface area (Å²) in [5.74, 6) is 1.10. The standard InChI is InChI=1S/C11H11ClN3O2/c1-15-10(8(12)4-13-15)9-7(5-16)11(17-14-9)6-2-3-6/h4,6H,2-3,5H2,1H3.